The summed E-state index contributed by atoms with van der Waals surface area (Å²) in [5.74, 6) is 0.290. The van der Waals surface area contributed by atoms with Crippen molar-refractivity contribution in [1.29, 1.82) is 0 Å². The molecule has 7 heteroatoms. The Balaban J connectivity index is 1.82. The predicted molar refractivity (Wildman–Crippen MR) is 99.0 cm³/mol. The van der Waals surface area contributed by atoms with Gasteiger partial charge in [-0.1, -0.05) is 23.2 Å². The molecular weight excluding hydrogens is 363 g/mol. The minimum atomic E-state index is -0.314. The minimum absolute atomic E-state index is 0.0749. The van der Waals surface area contributed by atoms with Crippen LogP contribution in [0.2, 0.25) is 10.0 Å². The predicted octanol–water partition coefficient (Wildman–Crippen LogP) is 4.38. The molecule has 0 saturated carbocycles. The van der Waals surface area contributed by atoms with E-state index >= 15 is 0 Å². The van der Waals surface area contributed by atoms with E-state index in [1.54, 1.807) is 35.2 Å². The molecule has 1 aliphatic heterocycles. The van der Waals surface area contributed by atoms with E-state index in [9.17, 15) is 9.59 Å². The van der Waals surface area contributed by atoms with E-state index in [1.165, 1.54) is 13.2 Å². The third-order valence-electron chi connectivity index (χ3n) is 3.98. The summed E-state index contributed by atoms with van der Waals surface area (Å²) in [6, 6.07) is 9.87. The van der Waals surface area contributed by atoms with Crippen molar-refractivity contribution in [2.75, 3.05) is 23.9 Å². The lowest BCUT2D eigenvalue weighted by Gasteiger charge is -2.19. The molecule has 2 aromatic rings. The van der Waals surface area contributed by atoms with Gasteiger partial charge in [-0.05, 0) is 36.8 Å². The van der Waals surface area contributed by atoms with Crippen LogP contribution in [0.5, 0.6) is 5.75 Å². The highest BCUT2D eigenvalue weighted by atomic mass is 35.5. The summed E-state index contributed by atoms with van der Waals surface area (Å²) in [6.07, 6.45) is 1.37. The van der Waals surface area contributed by atoms with Gasteiger partial charge < -0.3 is 15.0 Å². The van der Waals surface area contributed by atoms with Crippen molar-refractivity contribution < 1.29 is 14.3 Å². The number of rotatable bonds is 4. The number of carbonyl (C=O) groups excluding carboxylic acids is 2. The third kappa shape index (κ3) is 3.72. The minimum Gasteiger partial charge on any atom is -0.494 e. The SMILES string of the molecule is COc1cc(NC(=O)c2ccc(Cl)c(Cl)c2)ccc1N1CCCC1=O. The van der Waals surface area contributed by atoms with Gasteiger partial charge in [0.2, 0.25) is 5.91 Å². The molecule has 3 rings (SSSR count). The summed E-state index contributed by atoms with van der Waals surface area (Å²) in [4.78, 5) is 26.0. The van der Waals surface area contributed by atoms with E-state index in [0.717, 1.165) is 6.42 Å². The molecule has 0 spiro atoms. The maximum absolute atomic E-state index is 12.4. The summed E-state index contributed by atoms with van der Waals surface area (Å²) >= 11 is 11.8. The van der Waals surface area contributed by atoms with Crippen LogP contribution in [0.1, 0.15) is 23.2 Å². The van der Waals surface area contributed by atoms with Crippen LogP contribution in [-0.2, 0) is 4.79 Å². The Morgan fingerprint density at radius 1 is 1.16 bits per heavy atom. The Bertz CT molecular complexity index is 839. The fourth-order valence-electron chi connectivity index (χ4n) is 2.72. The second-order valence-corrected chi connectivity index (χ2v) is 6.43. The van der Waals surface area contributed by atoms with Crippen LogP contribution in [0.15, 0.2) is 36.4 Å². The molecule has 1 N–H and O–H groups in total. The van der Waals surface area contributed by atoms with Gasteiger partial charge in [0.1, 0.15) is 5.75 Å². The molecule has 1 saturated heterocycles. The first-order valence-corrected chi connectivity index (χ1v) is 8.50. The Kier molecular flexibility index (Phi) is 5.16. The Hall–Kier alpha value is -2.24. The zero-order chi connectivity index (χ0) is 18.0. The topological polar surface area (TPSA) is 58.6 Å². The van der Waals surface area contributed by atoms with E-state index < -0.39 is 0 Å². The van der Waals surface area contributed by atoms with Gasteiger partial charge in [0.05, 0.1) is 22.8 Å². The van der Waals surface area contributed by atoms with Gasteiger partial charge in [-0.2, -0.15) is 0 Å². The number of methoxy groups -OCH3 is 1. The standard InChI is InChI=1S/C18H16Cl2N2O3/c1-25-16-10-12(5-7-15(16)22-8-2-3-17(22)23)21-18(24)11-4-6-13(19)14(20)9-11/h4-7,9-10H,2-3,8H2,1H3,(H,21,24). The zero-order valence-electron chi connectivity index (χ0n) is 13.5. The molecular formula is C18H16Cl2N2O3. The van der Waals surface area contributed by atoms with Gasteiger partial charge in [0.15, 0.2) is 0 Å². The lowest BCUT2D eigenvalue weighted by molar-refractivity contribution is -0.117. The monoisotopic (exact) mass is 378 g/mol. The molecule has 2 aromatic carbocycles. The first-order chi connectivity index (χ1) is 12.0. The normalized spacial score (nSPS) is 13.9. The van der Waals surface area contributed by atoms with Crippen LogP contribution in [0.3, 0.4) is 0 Å². The van der Waals surface area contributed by atoms with Crippen molar-refractivity contribution in [1.82, 2.24) is 0 Å². The van der Waals surface area contributed by atoms with Crippen LogP contribution < -0.4 is 15.0 Å². The van der Waals surface area contributed by atoms with E-state index in [2.05, 4.69) is 5.32 Å². The summed E-state index contributed by atoms with van der Waals surface area (Å²) in [6.45, 7) is 0.671. The van der Waals surface area contributed by atoms with Crippen molar-refractivity contribution in [2.24, 2.45) is 0 Å². The van der Waals surface area contributed by atoms with Crippen LogP contribution in [-0.4, -0.2) is 25.5 Å². The average Bonchev–Trinajstić information content (AvgIpc) is 3.03. The average molecular weight is 379 g/mol. The first kappa shape index (κ1) is 17.6. The number of nitrogens with zero attached hydrogens (tertiary/aromatic N) is 1. The maximum Gasteiger partial charge on any atom is 0.255 e. The number of nitrogens with one attached hydrogen (secondary N) is 1. The van der Waals surface area contributed by atoms with Gasteiger partial charge in [-0.25, -0.2) is 0 Å². The molecule has 0 atom stereocenters. The van der Waals surface area contributed by atoms with Gasteiger partial charge in [-0.3, -0.25) is 9.59 Å². The zero-order valence-corrected chi connectivity index (χ0v) is 15.0. The number of carbonyl (C=O) groups is 2. The summed E-state index contributed by atoms with van der Waals surface area (Å²) in [5.41, 5.74) is 1.66. The molecule has 0 radical (unpaired) electrons. The van der Waals surface area contributed by atoms with Gasteiger partial charge in [0, 0.05) is 30.3 Å². The number of benzene rings is 2. The van der Waals surface area contributed by atoms with Gasteiger partial charge in [-0.15, -0.1) is 0 Å². The molecule has 1 aliphatic rings. The van der Waals surface area contributed by atoms with Crippen LogP contribution >= 0.6 is 23.2 Å². The number of amides is 2. The molecule has 2 amide bonds. The number of ether oxygens (including phenoxy) is 1. The van der Waals surface area contributed by atoms with Gasteiger partial charge in [0.25, 0.3) is 5.91 Å². The maximum atomic E-state index is 12.4. The highest BCUT2D eigenvalue weighted by Gasteiger charge is 2.24. The number of anilines is 2. The lowest BCUT2D eigenvalue weighted by Crippen LogP contribution is -2.24. The fraction of sp³-hybridized carbons (Fsp3) is 0.222. The second kappa shape index (κ2) is 7.33. The van der Waals surface area contributed by atoms with Gasteiger partial charge >= 0.3 is 0 Å². The quantitative estimate of drug-likeness (QED) is 0.858. The lowest BCUT2D eigenvalue weighted by atomic mass is 10.2. The van der Waals surface area contributed by atoms with Crippen LogP contribution in [0, 0.1) is 0 Å². The fourth-order valence-corrected chi connectivity index (χ4v) is 3.02. The van der Waals surface area contributed by atoms with Crippen molar-refractivity contribution in [3.8, 4) is 5.75 Å². The number of halogens is 2. The van der Waals surface area contributed by atoms with E-state index in [-0.39, 0.29) is 11.8 Å². The Morgan fingerprint density at radius 2 is 1.96 bits per heavy atom. The molecule has 0 unspecified atom stereocenters. The van der Waals surface area contributed by atoms with Crippen molar-refractivity contribution in [3.63, 3.8) is 0 Å². The summed E-state index contributed by atoms with van der Waals surface area (Å²) in [7, 11) is 1.53. The molecule has 25 heavy (non-hydrogen) atoms. The molecule has 0 aromatic heterocycles. The van der Waals surface area contributed by atoms with Crippen molar-refractivity contribution in [2.45, 2.75) is 12.8 Å². The largest absolute Gasteiger partial charge is 0.494 e. The molecule has 0 aliphatic carbocycles. The van der Waals surface area contributed by atoms with Crippen molar-refractivity contribution in [3.05, 3.63) is 52.0 Å². The van der Waals surface area contributed by atoms with Crippen LogP contribution in [0.25, 0.3) is 0 Å². The second-order valence-electron chi connectivity index (χ2n) is 5.62. The Labute approximate surface area is 155 Å². The molecule has 1 heterocycles. The molecule has 5 nitrogen and oxygen atoms in total. The van der Waals surface area contributed by atoms with E-state index in [4.69, 9.17) is 27.9 Å². The van der Waals surface area contributed by atoms with Crippen molar-refractivity contribution >= 4 is 46.4 Å². The van der Waals surface area contributed by atoms with E-state index in [0.29, 0.717) is 45.7 Å². The number of hydrogen-bond acceptors (Lipinski definition) is 3. The third-order valence-corrected chi connectivity index (χ3v) is 4.72. The summed E-state index contributed by atoms with van der Waals surface area (Å²) < 4.78 is 5.39. The summed E-state index contributed by atoms with van der Waals surface area (Å²) in [5, 5.41) is 3.49. The highest BCUT2D eigenvalue weighted by Crippen LogP contribution is 2.34. The molecule has 1 fully saturated rings. The number of hydrogen-bond donors (Lipinski definition) is 1. The highest BCUT2D eigenvalue weighted by molar-refractivity contribution is 6.42. The Morgan fingerprint density at radius 3 is 2.60 bits per heavy atom. The van der Waals surface area contributed by atoms with Crippen LogP contribution in [0.4, 0.5) is 11.4 Å². The first-order valence-electron chi connectivity index (χ1n) is 7.74. The molecule has 130 valence electrons. The van der Waals surface area contributed by atoms with E-state index in [1.807, 2.05) is 0 Å². The smallest absolute Gasteiger partial charge is 0.255 e. The molecule has 0 bridgehead atoms.